The van der Waals surface area contributed by atoms with Crippen LogP contribution in [0, 0.1) is 0 Å². The molecular weight excluding hydrogens is 267 g/mol. The molecule has 14 heavy (non-hydrogen) atoms. The first kappa shape index (κ1) is 9.61. The monoisotopic (exact) mass is 272 g/mol. The zero-order valence-electron chi connectivity index (χ0n) is 7.28. The van der Waals surface area contributed by atoms with Gasteiger partial charge in [0.05, 0.1) is 0 Å². The van der Waals surface area contributed by atoms with Crippen molar-refractivity contribution in [3.8, 4) is 11.4 Å². The lowest BCUT2D eigenvalue weighted by molar-refractivity contribution is 0.714. The molecule has 0 fully saturated rings. The number of aryl methyl sites for hydroxylation is 1. The second-order valence-corrected chi connectivity index (χ2v) is 4.04. The number of rotatable bonds is 1. The van der Waals surface area contributed by atoms with E-state index in [-0.39, 0.29) is 0 Å². The second kappa shape index (κ2) is 3.67. The maximum Gasteiger partial charge on any atom is 0.182 e. The molecule has 0 saturated carbocycles. The van der Waals surface area contributed by atoms with Gasteiger partial charge in [-0.1, -0.05) is 27.5 Å². The summed E-state index contributed by atoms with van der Waals surface area (Å²) < 4.78 is 2.51. The Bertz CT molecular complexity index is 468. The molecule has 1 aromatic carbocycles. The van der Waals surface area contributed by atoms with Crippen LogP contribution in [0.3, 0.4) is 0 Å². The molecule has 1 aromatic heterocycles. The van der Waals surface area contributed by atoms with Crippen LogP contribution in [-0.4, -0.2) is 20.2 Å². The Morgan fingerprint density at radius 3 is 2.86 bits per heavy atom. The summed E-state index contributed by atoms with van der Waals surface area (Å²) in [4.78, 5) is 0. The first-order valence-corrected chi connectivity index (χ1v) is 5.03. The zero-order valence-corrected chi connectivity index (χ0v) is 9.62. The fraction of sp³-hybridized carbons (Fsp3) is 0.125. The van der Waals surface area contributed by atoms with Gasteiger partial charge in [-0.2, -0.15) is 0 Å². The summed E-state index contributed by atoms with van der Waals surface area (Å²) in [7, 11) is 1.78. The SMILES string of the molecule is Cn1nnnc1-c1cc(Cl)ccc1Br. The number of aromatic nitrogens is 4. The highest BCUT2D eigenvalue weighted by atomic mass is 79.9. The van der Waals surface area contributed by atoms with Gasteiger partial charge in [0.2, 0.25) is 0 Å². The van der Waals surface area contributed by atoms with Crippen LogP contribution < -0.4 is 0 Å². The normalized spacial score (nSPS) is 10.5. The van der Waals surface area contributed by atoms with Crippen molar-refractivity contribution in [1.29, 1.82) is 0 Å². The van der Waals surface area contributed by atoms with E-state index in [0.717, 1.165) is 10.0 Å². The van der Waals surface area contributed by atoms with Crippen LogP contribution in [0.5, 0.6) is 0 Å². The van der Waals surface area contributed by atoms with E-state index in [4.69, 9.17) is 11.6 Å². The molecule has 0 saturated heterocycles. The Morgan fingerprint density at radius 1 is 1.43 bits per heavy atom. The molecule has 72 valence electrons. The highest BCUT2D eigenvalue weighted by Crippen LogP contribution is 2.28. The van der Waals surface area contributed by atoms with E-state index in [9.17, 15) is 0 Å². The molecule has 1 heterocycles. The molecular formula is C8H6BrClN4. The summed E-state index contributed by atoms with van der Waals surface area (Å²) in [5.74, 6) is 0.680. The molecule has 2 aromatic rings. The van der Waals surface area contributed by atoms with Crippen LogP contribution in [0.1, 0.15) is 0 Å². The summed E-state index contributed by atoms with van der Waals surface area (Å²) in [5.41, 5.74) is 0.880. The van der Waals surface area contributed by atoms with Gasteiger partial charge in [0.1, 0.15) is 0 Å². The summed E-state index contributed by atoms with van der Waals surface area (Å²) in [6, 6.07) is 5.49. The van der Waals surface area contributed by atoms with Crippen molar-refractivity contribution in [3.63, 3.8) is 0 Å². The molecule has 0 aliphatic rings. The molecule has 0 aliphatic carbocycles. The van der Waals surface area contributed by atoms with Crippen molar-refractivity contribution in [3.05, 3.63) is 27.7 Å². The van der Waals surface area contributed by atoms with Gasteiger partial charge < -0.3 is 0 Å². The molecule has 6 heteroatoms. The van der Waals surface area contributed by atoms with E-state index in [0.29, 0.717) is 10.8 Å². The molecule has 4 nitrogen and oxygen atoms in total. The number of nitrogens with zero attached hydrogens (tertiary/aromatic N) is 4. The van der Waals surface area contributed by atoms with Gasteiger partial charge in [0, 0.05) is 22.1 Å². The van der Waals surface area contributed by atoms with Crippen LogP contribution in [0.4, 0.5) is 0 Å². The molecule has 0 aliphatic heterocycles. The van der Waals surface area contributed by atoms with Crippen molar-refractivity contribution in [2.45, 2.75) is 0 Å². The van der Waals surface area contributed by atoms with Crippen molar-refractivity contribution in [2.24, 2.45) is 7.05 Å². The minimum absolute atomic E-state index is 0.659. The maximum absolute atomic E-state index is 5.89. The molecule has 2 rings (SSSR count). The lowest BCUT2D eigenvalue weighted by Crippen LogP contribution is -1.95. The number of halogens is 2. The second-order valence-electron chi connectivity index (χ2n) is 2.75. The summed E-state index contributed by atoms with van der Waals surface area (Å²) >= 11 is 9.31. The van der Waals surface area contributed by atoms with Crippen LogP contribution in [0.2, 0.25) is 5.02 Å². The fourth-order valence-electron chi connectivity index (χ4n) is 1.13. The molecule has 0 spiro atoms. The van der Waals surface area contributed by atoms with E-state index < -0.39 is 0 Å². The highest BCUT2D eigenvalue weighted by molar-refractivity contribution is 9.10. The van der Waals surface area contributed by atoms with Crippen molar-refractivity contribution in [2.75, 3.05) is 0 Å². The van der Waals surface area contributed by atoms with Gasteiger partial charge in [-0.15, -0.1) is 5.10 Å². The summed E-state index contributed by atoms with van der Waals surface area (Å²) in [5, 5.41) is 11.9. The Balaban J connectivity index is 2.62. The number of benzene rings is 1. The largest absolute Gasteiger partial charge is 0.229 e. The Kier molecular flexibility index (Phi) is 2.52. The predicted molar refractivity (Wildman–Crippen MR) is 56.9 cm³/mol. The minimum atomic E-state index is 0.659. The van der Waals surface area contributed by atoms with E-state index in [1.54, 1.807) is 17.8 Å². The quantitative estimate of drug-likeness (QED) is 0.801. The Morgan fingerprint density at radius 2 is 2.21 bits per heavy atom. The smallest absolute Gasteiger partial charge is 0.182 e. The third-order valence-electron chi connectivity index (χ3n) is 1.79. The average molecular weight is 274 g/mol. The van der Waals surface area contributed by atoms with E-state index in [1.165, 1.54) is 0 Å². The molecule has 0 N–H and O–H groups in total. The van der Waals surface area contributed by atoms with Gasteiger partial charge in [0.25, 0.3) is 0 Å². The van der Waals surface area contributed by atoms with Crippen LogP contribution >= 0.6 is 27.5 Å². The zero-order chi connectivity index (χ0) is 10.1. The van der Waals surface area contributed by atoms with Crippen LogP contribution in [0.15, 0.2) is 22.7 Å². The number of hydrogen-bond acceptors (Lipinski definition) is 3. The highest BCUT2D eigenvalue weighted by Gasteiger charge is 2.09. The molecule has 0 radical (unpaired) electrons. The average Bonchev–Trinajstić information content (AvgIpc) is 2.56. The maximum atomic E-state index is 5.89. The predicted octanol–water partition coefficient (Wildman–Crippen LogP) is 2.29. The van der Waals surface area contributed by atoms with Crippen LogP contribution in [-0.2, 0) is 7.05 Å². The van der Waals surface area contributed by atoms with Crippen molar-refractivity contribution >= 4 is 27.5 Å². The molecule has 0 amide bonds. The topological polar surface area (TPSA) is 43.6 Å². The minimum Gasteiger partial charge on any atom is -0.229 e. The molecule has 0 bridgehead atoms. The summed E-state index contributed by atoms with van der Waals surface area (Å²) in [6.07, 6.45) is 0. The van der Waals surface area contributed by atoms with Crippen LogP contribution in [0.25, 0.3) is 11.4 Å². The van der Waals surface area contributed by atoms with Crippen molar-refractivity contribution < 1.29 is 0 Å². The van der Waals surface area contributed by atoms with Gasteiger partial charge in [0.15, 0.2) is 5.82 Å². The lowest BCUT2D eigenvalue weighted by Gasteiger charge is -2.02. The third-order valence-corrected chi connectivity index (χ3v) is 2.72. The number of tetrazole rings is 1. The van der Waals surface area contributed by atoms with Gasteiger partial charge in [-0.25, -0.2) is 4.68 Å². The van der Waals surface area contributed by atoms with E-state index in [1.807, 2.05) is 12.1 Å². The molecule has 0 atom stereocenters. The van der Waals surface area contributed by atoms with E-state index in [2.05, 4.69) is 31.5 Å². The van der Waals surface area contributed by atoms with Gasteiger partial charge in [-0.3, -0.25) is 0 Å². The van der Waals surface area contributed by atoms with Gasteiger partial charge >= 0.3 is 0 Å². The first-order chi connectivity index (χ1) is 6.68. The first-order valence-electron chi connectivity index (χ1n) is 3.86. The lowest BCUT2D eigenvalue weighted by atomic mass is 10.2. The summed E-state index contributed by atoms with van der Waals surface area (Å²) in [6.45, 7) is 0. The number of hydrogen-bond donors (Lipinski definition) is 0. The Hall–Kier alpha value is -0.940. The van der Waals surface area contributed by atoms with Gasteiger partial charge in [-0.05, 0) is 28.6 Å². The Labute approximate surface area is 94.0 Å². The third kappa shape index (κ3) is 1.65. The standard InChI is InChI=1S/C8H6BrClN4/c1-14-8(11-12-13-14)6-4-5(10)2-3-7(6)9/h2-4H,1H3. The van der Waals surface area contributed by atoms with E-state index >= 15 is 0 Å². The van der Waals surface area contributed by atoms with Crippen molar-refractivity contribution in [1.82, 2.24) is 20.2 Å². The molecule has 0 unspecified atom stereocenters. The fourth-order valence-corrected chi connectivity index (χ4v) is 1.72.